The third kappa shape index (κ3) is 4.62. The number of hydrogen-bond acceptors (Lipinski definition) is 4. The molecular formula is C28H26N2O5. The molecule has 0 spiro atoms. The summed E-state index contributed by atoms with van der Waals surface area (Å²) < 4.78 is 5.64. The van der Waals surface area contributed by atoms with Gasteiger partial charge in [-0.05, 0) is 65.3 Å². The summed E-state index contributed by atoms with van der Waals surface area (Å²) in [4.78, 5) is 36.8. The Morgan fingerprint density at radius 2 is 1.49 bits per heavy atom. The van der Waals surface area contributed by atoms with Crippen LogP contribution in [-0.4, -0.2) is 35.7 Å². The number of ether oxygens (including phenoxy) is 1. The fourth-order valence-corrected chi connectivity index (χ4v) is 4.85. The number of carbonyl (C=O) groups is 3. The van der Waals surface area contributed by atoms with E-state index in [4.69, 9.17) is 9.84 Å². The number of nitrogens with one attached hydrogen (secondary N) is 2. The van der Waals surface area contributed by atoms with Crippen LogP contribution in [0.2, 0.25) is 0 Å². The van der Waals surface area contributed by atoms with E-state index in [0.29, 0.717) is 5.69 Å². The van der Waals surface area contributed by atoms with Crippen molar-refractivity contribution >= 4 is 23.7 Å². The Kier molecular flexibility index (Phi) is 6.23. The Hall–Kier alpha value is -4.13. The Labute approximate surface area is 203 Å². The minimum atomic E-state index is -1.04. The maximum absolute atomic E-state index is 13.0. The summed E-state index contributed by atoms with van der Waals surface area (Å²) in [5, 5.41) is 14.6. The lowest BCUT2D eigenvalue weighted by Gasteiger charge is -2.33. The summed E-state index contributed by atoms with van der Waals surface area (Å²) in [5.74, 6) is -1.40. The van der Waals surface area contributed by atoms with Crippen LogP contribution in [0.1, 0.15) is 46.7 Å². The lowest BCUT2D eigenvalue weighted by molar-refractivity contribution is -0.120. The summed E-state index contributed by atoms with van der Waals surface area (Å²) >= 11 is 0. The number of carboxylic acid groups (broad SMARTS) is 1. The number of alkyl carbamates (subject to hydrolysis) is 1. The third-order valence-electron chi connectivity index (χ3n) is 6.92. The predicted molar refractivity (Wildman–Crippen MR) is 131 cm³/mol. The van der Waals surface area contributed by atoms with E-state index in [2.05, 4.69) is 34.9 Å². The molecule has 178 valence electrons. The summed E-state index contributed by atoms with van der Waals surface area (Å²) in [5.41, 5.74) is 5.16. The van der Waals surface area contributed by atoms with Crippen molar-refractivity contribution in [3.63, 3.8) is 0 Å². The van der Waals surface area contributed by atoms with Gasteiger partial charge in [-0.2, -0.15) is 0 Å². The van der Waals surface area contributed by atoms with Gasteiger partial charge in [0.1, 0.15) is 12.6 Å². The van der Waals surface area contributed by atoms with Crippen molar-refractivity contribution in [2.24, 2.45) is 5.92 Å². The van der Waals surface area contributed by atoms with Crippen molar-refractivity contribution in [2.75, 3.05) is 11.9 Å². The van der Waals surface area contributed by atoms with Crippen LogP contribution in [0.4, 0.5) is 10.5 Å². The summed E-state index contributed by atoms with van der Waals surface area (Å²) in [6.07, 6.45) is 2.08. The van der Waals surface area contributed by atoms with Gasteiger partial charge >= 0.3 is 12.1 Å². The van der Waals surface area contributed by atoms with Crippen LogP contribution < -0.4 is 10.6 Å². The normalized spacial score (nSPS) is 15.3. The van der Waals surface area contributed by atoms with Crippen LogP contribution in [0.15, 0.2) is 72.8 Å². The molecule has 0 aromatic heterocycles. The first-order valence-corrected chi connectivity index (χ1v) is 11.8. The van der Waals surface area contributed by atoms with Crippen LogP contribution in [0, 0.1) is 5.92 Å². The second-order valence-electron chi connectivity index (χ2n) is 9.01. The smallest absolute Gasteiger partial charge is 0.407 e. The average molecular weight is 471 g/mol. The largest absolute Gasteiger partial charge is 0.478 e. The molecular weight excluding hydrogens is 444 g/mol. The van der Waals surface area contributed by atoms with E-state index in [1.165, 1.54) is 24.3 Å². The van der Waals surface area contributed by atoms with E-state index in [-0.39, 0.29) is 29.9 Å². The Morgan fingerprint density at radius 3 is 2.03 bits per heavy atom. The van der Waals surface area contributed by atoms with Gasteiger partial charge in [0.25, 0.3) is 0 Å². The number of rotatable bonds is 7. The van der Waals surface area contributed by atoms with E-state index >= 15 is 0 Å². The summed E-state index contributed by atoms with van der Waals surface area (Å²) in [6.45, 7) is 0.176. The molecule has 2 amide bonds. The van der Waals surface area contributed by atoms with Gasteiger partial charge < -0.3 is 20.5 Å². The first kappa shape index (κ1) is 22.7. The van der Waals surface area contributed by atoms with Crippen molar-refractivity contribution in [1.82, 2.24) is 5.32 Å². The van der Waals surface area contributed by atoms with E-state index in [1.807, 2.05) is 24.3 Å². The van der Waals surface area contributed by atoms with E-state index in [0.717, 1.165) is 41.5 Å². The van der Waals surface area contributed by atoms with Gasteiger partial charge in [0.2, 0.25) is 5.91 Å². The van der Waals surface area contributed by atoms with Gasteiger partial charge in [-0.15, -0.1) is 0 Å². The van der Waals surface area contributed by atoms with Crippen molar-refractivity contribution in [3.05, 3.63) is 89.5 Å². The fourth-order valence-electron chi connectivity index (χ4n) is 4.85. The molecule has 3 N–H and O–H groups in total. The topological polar surface area (TPSA) is 105 Å². The Balaban J connectivity index is 1.24. The van der Waals surface area contributed by atoms with Crippen LogP contribution >= 0.6 is 0 Å². The van der Waals surface area contributed by atoms with Crippen LogP contribution in [0.5, 0.6) is 0 Å². The standard InChI is InChI=1S/C28H26N2O5/c31-26(29-19-14-12-18(13-15-19)27(32)33)25(17-6-5-7-17)30-28(34)35-16-24-22-10-3-1-8-20(22)21-9-2-4-11-23(21)24/h1-4,8-15,17,24-25H,5-7,16H2,(H,29,31)(H,30,34)(H,32,33). The minimum absolute atomic E-state index is 0.0359. The van der Waals surface area contributed by atoms with E-state index < -0.39 is 18.1 Å². The average Bonchev–Trinajstić information content (AvgIpc) is 3.15. The quantitative estimate of drug-likeness (QED) is 0.449. The fraction of sp³-hybridized carbons (Fsp3) is 0.250. The second-order valence-corrected chi connectivity index (χ2v) is 9.01. The molecule has 0 bridgehead atoms. The molecule has 0 aliphatic heterocycles. The van der Waals surface area contributed by atoms with Crippen molar-refractivity contribution in [3.8, 4) is 11.1 Å². The number of anilines is 1. The van der Waals surface area contributed by atoms with Crippen LogP contribution in [0.25, 0.3) is 11.1 Å². The molecule has 1 saturated carbocycles. The third-order valence-corrected chi connectivity index (χ3v) is 6.92. The molecule has 0 saturated heterocycles. The van der Waals surface area contributed by atoms with Gasteiger partial charge in [0, 0.05) is 11.6 Å². The number of aromatic carboxylic acids is 1. The molecule has 3 aromatic rings. The van der Waals surface area contributed by atoms with E-state index in [1.54, 1.807) is 0 Å². The number of benzene rings is 3. The van der Waals surface area contributed by atoms with Gasteiger partial charge in [-0.1, -0.05) is 55.0 Å². The lowest BCUT2D eigenvalue weighted by Crippen LogP contribution is -2.50. The zero-order valence-corrected chi connectivity index (χ0v) is 19.1. The molecule has 2 aliphatic rings. The number of fused-ring (bicyclic) bond motifs is 3. The highest BCUT2D eigenvalue weighted by atomic mass is 16.5. The van der Waals surface area contributed by atoms with Crippen LogP contribution in [-0.2, 0) is 9.53 Å². The number of hydrogen-bond donors (Lipinski definition) is 3. The number of amides is 2. The highest BCUT2D eigenvalue weighted by Gasteiger charge is 2.35. The Morgan fingerprint density at radius 1 is 0.886 bits per heavy atom. The molecule has 0 radical (unpaired) electrons. The van der Waals surface area contributed by atoms with Crippen LogP contribution in [0.3, 0.4) is 0 Å². The lowest BCUT2D eigenvalue weighted by atomic mass is 9.79. The SMILES string of the molecule is O=C(NC(C(=O)Nc1ccc(C(=O)O)cc1)C1CCC1)OCC1c2ccccc2-c2ccccc21. The van der Waals surface area contributed by atoms with Crippen molar-refractivity contribution in [1.29, 1.82) is 0 Å². The van der Waals surface area contributed by atoms with Gasteiger partial charge in [-0.3, -0.25) is 4.79 Å². The first-order chi connectivity index (χ1) is 17.0. The van der Waals surface area contributed by atoms with Crippen molar-refractivity contribution < 1.29 is 24.2 Å². The molecule has 2 aliphatic carbocycles. The minimum Gasteiger partial charge on any atom is -0.478 e. The molecule has 35 heavy (non-hydrogen) atoms. The molecule has 3 aromatic carbocycles. The van der Waals surface area contributed by atoms with Crippen molar-refractivity contribution in [2.45, 2.75) is 31.2 Å². The highest BCUT2D eigenvalue weighted by molar-refractivity contribution is 5.97. The number of carbonyl (C=O) groups excluding carboxylic acids is 2. The monoisotopic (exact) mass is 470 g/mol. The zero-order chi connectivity index (χ0) is 24.4. The molecule has 1 fully saturated rings. The van der Waals surface area contributed by atoms with Gasteiger partial charge in [0.15, 0.2) is 0 Å². The maximum atomic E-state index is 13.0. The second kappa shape index (κ2) is 9.62. The molecule has 7 nitrogen and oxygen atoms in total. The number of carboxylic acids is 1. The Bertz CT molecular complexity index is 1220. The first-order valence-electron chi connectivity index (χ1n) is 11.8. The molecule has 1 unspecified atom stereocenters. The zero-order valence-electron chi connectivity index (χ0n) is 19.1. The molecule has 1 atom stereocenters. The summed E-state index contributed by atoms with van der Waals surface area (Å²) in [6, 6.07) is 21.4. The maximum Gasteiger partial charge on any atom is 0.407 e. The van der Waals surface area contributed by atoms with E-state index in [9.17, 15) is 14.4 Å². The summed E-state index contributed by atoms with van der Waals surface area (Å²) in [7, 11) is 0. The predicted octanol–water partition coefficient (Wildman–Crippen LogP) is 5.03. The molecule has 5 rings (SSSR count). The molecule has 0 heterocycles. The molecule has 7 heteroatoms. The highest BCUT2D eigenvalue weighted by Crippen LogP contribution is 2.44. The van der Waals surface area contributed by atoms with Gasteiger partial charge in [0.05, 0.1) is 5.56 Å². The van der Waals surface area contributed by atoms with Gasteiger partial charge in [-0.25, -0.2) is 9.59 Å².